The third kappa shape index (κ3) is 2.19. The van der Waals surface area contributed by atoms with E-state index in [1.165, 1.54) is 11.8 Å². The minimum atomic E-state index is 0.578. The smallest absolute Gasteiger partial charge is 0.256 e. The molecule has 0 unspecified atom stereocenters. The summed E-state index contributed by atoms with van der Waals surface area (Å²) in [6.07, 6.45) is 1.62. The van der Waals surface area contributed by atoms with Crippen molar-refractivity contribution in [2.24, 2.45) is 0 Å². The van der Waals surface area contributed by atoms with Gasteiger partial charge in [-0.3, -0.25) is 0 Å². The van der Waals surface area contributed by atoms with Gasteiger partial charge in [-0.1, -0.05) is 11.8 Å². The Morgan fingerprint density at radius 1 is 1.33 bits per heavy atom. The number of hydrogen-bond donors (Lipinski definition) is 1. The van der Waals surface area contributed by atoms with Gasteiger partial charge in [0.15, 0.2) is 5.58 Å². The van der Waals surface area contributed by atoms with Crippen molar-refractivity contribution in [2.75, 3.05) is 5.73 Å². The van der Waals surface area contributed by atoms with Crippen LogP contribution in [-0.4, -0.2) is 9.97 Å². The van der Waals surface area contributed by atoms with Crippen molar-refractivity contribution < 1.29 is 8.83 Å². The molecule has 2 N–H and O–H groups in total. The lowest BCUT2D eigenvalue weighted by Crippen LogP contribution is -1.82. The zero-order valence-corrected chi connectivity index (χ0v) is 10.5. The normalized spacial score (nSPS) is 11.2. The third-order valence-electron chi connectivity index (χ3n) is 2.37. The molecule has 0 aliphatic heterocycles. The fraction of sp³-hybridized carbons (Fsp3) is 0.167. The summed E-state index contributed by atoms with van der Waals surface area (Å²) in [6, 6.07) is 5.41. The van der Waals surface area contributed by atoms with E-state index >= 15 is 0 Å². The van der Waals surface area contributed by atoms with Crippen LogP contribution >= 0.6 is 11.8 Å². The van der Waals surface area contributed by atoms with Crippen LogP contribution in [-0.2, 0) is 5.75 Å². The van der Waals surface area contributed by atoms with Crippen molar-refractivity contribution >= 4 is 28.5 Å². The van der Waals surface area contributed by atoms with Crippen LogP contribution in [0.3, 0.4) is 0 Å². The Morgan fingerprint density at radius 3 is 3.00 bits per heavy atom. The zero-order chi connectivity index (χ0) is 12.5. The number of fused-ring (bicyclic) bond motifs is 1. The first-order chi connectivity index (χ1) is 8.70. The van der Waals surface area contributed by atoms with E-state index in [4.69, 9.17) is 14.6 Å². The number of aromatic nitrogens is 2. The monoisotopic (exact) mass is 261 g/mol. The number of oxazole rings is 2. The van der Waals surface area contributed by atoms with E-state index in [1.807, 2.05) is 13.0 Å². The van der Waals surface area contributed by atoms with Crippen molar-refractivity contribution in [3.05, 3.63) is 36.0 Å². The van der Waals surface area contributed by atoms with Gasteiger partial charge in [-0.15, -0.1) is 0 Å². The fourth-order valence-corrected chi connectivity index (χ4v) is 2.27. The number of rotatable bonds is 3. The largest absolute Gasteiger partial charge is 0.440 e. The molecule has 92 valence electrons. The predicted molar refractivity (Wildman–Crippen MR) is 69.2 cm³/mol. The first-order valence-corrected chi connectivity index (χ1v) is 6.39. The van der Waals surface area contributed by atoms with Gasteiger partial charge in [-0.25, -0.2) is 9.97 Å². The van der Waals surface area contributed by atoms with Gasteiger partial charge in [0, 0.05) is 5.69 Å². The molecule has 0 radical (unpaired) electrons. The molecule has 1 aromatic carbocycles. The lowest BCUT2D eigenvalue weighted by Gasteiger charge is -1.90. The van der Waals surface area contributed by atoms with Crippen molar-refractivity contribution in [3.63, 3.8) is 0 Å². The van der Waals surface area contributed by atoms with Crippen molar-refractivity contribution in [1.29, 1.82) is 0 Å². The van der Waals surface area contributed by atoms with E-state index in [0.29, 0.717) is 22.6 Å². The summed E-state index contributed by atoms with van der Waals surface area (Å²) in [6.45, 7) is 1.88. The summed E-state index contributed by atoms with van der Waals surface area (Å²) < 4.78 is 10.8. The lowest BCUT2D eigenvalue weighted by atomic mass is 10.3. The highest BCUT2D eigenvalue weighted by Gasteiger charge is 2.08. The molecule has 3 aromatic rings. The molecule has 0 bridgehead atoms. The summed E-state index contributed by atoms with van der Waals surface area (Å²) >= 11 is 1.45. The Labute approximate surface area is 107 Å². The maximum absolute atomic E-state index is 5.69. The predicted octanol–water partition coefficient (Wildman–Crippen LogP) is 3.00. The number of nitrogens with two attached hydrogens (primary N) is 1. The van der Waals surface area contributed by atoms with Crippen LogP contribution in [0.1, 0.15) is 11.6 Å². The van der Waals surface area contributed by atoms with Gasteiger partial charge < -0.3 is 14.6 Å². The van der Waals surface area contributed by atoms with Crippen LogP contribution in [0.5, 0.6) is 0 Å². The molecule has 2 heterocycles. The second-order valence-electron chi connectivity index (χ2n) is 3.88. The number of aryl methyl sites for hydroxylation is 1. The molecule has 0 spiro atoms. The quantitative estimate of drug-likeness (QED) is 0.576. The summed E-state index contributed by atoms with van der Waals surface area (Å²) in [7, 11) is 0. The molecule has 0 aliphatic carbocycles. The van der Waals surface area contributed by atoms with E-state index < -0.39 is 0 Å². The summed E-state index contributed by atoms with van der Waals surface area (Å²) in [4.78, 5) is 8.56. The van der Waals surface area contributed by atoms with Crippen LogP contribution < -0.4 is 5.73 Å². The van der Waals surface area contributed by atoms with Crippen LogP contribution in [0.4, 0.5) is 5.69 Å². The second-order valence-corrected chi connectivity index (χ2v) is 4.80. The maximum atomic E-state index is 5.69. The van der Waals surface area contributed by atoms with E-state index in [9.17, 15) is 0 Å². The Balaban J connectivity index is 1.78. The third-order valence-corrected chi connectivity index (χ3v) is 3.20. The number of thioether (sulfide) groups is 1. The average molecular weight is 261 g/mol. The first-order valence-electron chi connectivity index (χ1n) is 5.40. The van der Waals surface area contributed by atoms with E-state index in [2.05, 4.69) is 9.97 Å². The molecular formula is C12H11N3O2S. The summed E-state index contributed by atoms with van der Waals surface area (Å²) in [5.74, 6) is 1.21. The standard InChI is InChI=1S/C12H11N3O2S/c1-7-5-16-12(14-7)18-6-11-15-9-4-8(13)2-3-10(9)17-11/h2-5H,6,13H2,1H3. The highest BCUT2D eigenvalue weighted by Crippen LogP contribution is 2.24. The Morgan fingerprint density at radius 2 is 2.22 bits per heavy atom. The molecule has 0 saturated carbocycles. The van der Waals surface area contributed by atoms with Crippen molar-refractivity contribution in [3.8, 4) is 0 Å². The van der Waals surface area contributed by atoms with E-state index in [1.54, 1.807) is 18.4 Å². The zero-order valence-electron chi connectivity index (χ0n) is 9.71. The Hall–Kier alpha value is -1.95. The molecule has 3 rings (SSSR count). The Bertz CT molecular complexity index is 690. The SMILES string of the molecule is Cc1coc(SCc2nc3cc(N)ccc3o2)n1. The number of nitrogens with zero attached hydrogens (tertiary/aromatic N) is 2. The molecule has 0 aliphatic rings. The number of nitrogen functional groups attached to an aromatic ring is 1. The molecule has 6 heteroatoms. The summed E-state index contributed by atoms with van der Waals surface area (Å²) in [5.41, 5.74) is 8.74. The lowest BCUT2D eigenvalue weighted by molar-refractivity contribution is 0.453. The summed E-state index contributed by atoms with van der Waals surface area (Å²) in [5, 5.41) is 0.620. The average Bonchev–Trinajstić information content (AvgIpc) is 2.92. The Kier molecular flexibility index (Phi) is 2.71. The van der Waals surface area contributed by atoms with Gasteiger partial charge in [0.1, 0.15) is 11.8 Å². The van der Waals surface area contributed by atoms with Crippen molar-refractivity contribution in [1.82, 2.24) is 9.97 Å². The van der Waals surface area contributed by atoms with Gasteiger partial charge in [-0.05, 0) is 25.1 Å². The molecule has 2 aromatic heterocycles. The molecule has 0 saturated heterocycles. The van der Waals surface area contributed by atoms with Gasteiger partial charge >= 0.3 is 0 Å². The number of anilines is 1. The molecule has 5 nitrogen and oxygen atoms in total. The second kappa shape index (κ2) is 4.38. The van der Waals surface area contributed by atoms with Crippen LogP contribution in [0, 0.1) is 6.92 Å². The minimum Gasteiger partial charge on any atom is -0.440 e. The van der Waals surface area contributed by atoms with Crippen molar-refractivity contribution in [2.45, 2.75) is 17.9 Å². The molecule has 0 fully saturated rings. The topological polar surface area (TPSA) is 78.1 Å². The van der Waals surface area contributed by atoms with Gasteiger partial charge in [0.2, 0.25) is 5.89 Å². The van der Waals surface area contributed by atoms with E-state index in [-0.39, 0.29) is 0 Å². The maximum Gasteiger partial charge on any atom is 0.256 e. The van der Waals surface area contributed by atoms with Crippen LogP contribution in [0.15, 0.2) is 38.5 Å². The minimum absolute atomic E-state index is 0.578. The molecular weight excluding hydrogens is 250 g/mol. The van der Waals surface area contributed by atoms with Crippen LogP contribution in [0.25, 0.3) is 11.1 Å². The van der Waals surface area contributed by atoms with Crippen LogP contribution in [0.2, 0.25) is 0 Å². The van der Waals surface area contributed by atoms with Gasteiger partial charge in [-0.2, -0.15) is 0 Å². The highest BCUT2D eigenvalue weighted by atomic mass is 32.2. The highest BCUT2D eigenvalue weighted by molar-refractivity contribution is 7.98. The number of benzene rings is 1. The first kappa shape index (κ1) is 11.2. The molecule has 0 atom stereocenters. The number of hydrogen-bond acceptors (Lipinski definition) is 6. The van der Waals surface area contributed by atoms with E-state index in [0.717, 1.165) is 16.8 Å². The molecule has 18 heavy (non-hydrogen) atoms. The fourth-order valence-electron chi connectivity index (χ4n) is 1.58. The van der Waals surface area contributed by atoms with Gasteiger partial charge in [0.05, 0.1) is 11.4 Å². The van der Waals surface area contributed by atoms with Gasteiger partial charge in [0.25, 0.3) is 5.22 Å². The molecule has 0 amide bonds.